The highest BCUT2D eigenvalue weighted by atomic mass is 16.6. The molecule has 0 radical (unpaired) electrons. The fourth-order valence-corrected chi connectivity index (χ4v) is 7.96. The van der Waals surface area contributed by atoms with Crippen molar-refractivity contribution in [2.24, 2.45) is 0 Å². The average molecular weight is 897 g/mol. The summed E-state index contributed by atoms with van der Waals surface area (Å²) in [7, 11) is 0. The van der Waals surface area contributed by atoms with E-state index in [-0.39, 0.29) is 31.1 Å². The minimum absolute atomic E-state index is 0.0714. The second kappa shape index (κ2) is 53.0. The molecule has 0 amide bonds. The summed E-state index contributed by atoms with van der Waals surface area (Å²) >= 11 is 0. The molecule has 0 aromatic carbocycles. The number of rotatable bonds is 50. The molecule has 0 aliphatic rings. The monoisotopic (exact) mass is 897 g/mol. The van der Waals surface area contributed by atoms with E-state index in [4.69, 9.17) is 14.2 Å². The SMILES string of the molecule is CC/C=C\C/C=C\C/C=C\C/C=C\CCCCCCCCCCC(=O)OCC(COC(=O)CCCCCCCCCCCCC)OC(=O)CCCCCCCCCCCCCCCC. The molecule has 0 aliphatic heterocycles. The Labute approximate surface area is 397 Å². The first-order valence-corrected chi connectivity index (χ1v) is 27.6. The van der Waals surface area contributed by atoms with Gasteiger partial charge in [0.1, 0.15) is 13.2 Å². The minimum atomic E-state index is -0.771. The molecule has 0 aliphatic carbocycles. The molecule has 372 valence electrons. The van der Waals surface area contributed by atoms with E-state index in [0.29, 0.717) is 19.3 Å². The van der Waals surface area contributed by atoms with Crippen LogP contribution in [0.15, 0.2) is 48.6 Å². The Bertz CT molecular complexity index is 1120. The number of hydrogen-bond donors (Lipinski definition) is 0. The minimum Gasteiger partial charge on any atom is -0.462 e. The molecule has 0 aromatic rings. The molecule has 0 heterocycles. The third kappa shape index (κ3) is 50.4. The summed E-state index contributed by atoms with van der Waals surface area (Å²) in [5, 5.41) is 0. The molecular formula is C58H104O6. The molecule has 0 N–H and O–H groups in total. The zero-order valence-electron chi connectivity index (χ0n) is 42.6. The van der Waals surface area contributed by atoms with Crippen LogP contribution in [0.1, 0.15) is 284 Å². The standard InChI is InChI=1S/C58H104O6/c1-4-7-10-13-16-19-22-24-26-27-28-29-30-31-32-34-36-39-42-45-48-51-57(60)63-54-55(53-62-56(59)50-47-44-41-38-35-21-18-15-12-9-6-3)64-58(61)52-49-46-43-40-37-33-25-23-20-17-14-11-8-5-2/h7,10,16,19,24,26,28-29,55H,4-6,8-9,11-15,17-18,20-23,25,27,30-54H2,1-3H3/b10-7-,19-16-,26-24-,29-28-. The van der Waals surface area contributed by atoms with Crippen LogP contribution in [0.2, 0.25) is 0 Å². The molecule has 6 nitrogen and oxygen atoms in total. The van der Waals surface area contributed by atoms with Crippen LogP contribution in [0.5, 0.6) is 0 Å². The van der Waals surface area contributed by atoms with Gasteiger partial charge in [0, 0.05) is 19.3 Å². The van der Waals surface area contributed by atoms with Crippen LogP contribution in [0.25, 0.3) is 0 Å². The lowest BCUT2D eigenvalue weighted by Gasteiger charge is -2.18. The first-order valence-electron chi connectivity index (χ1n) is 27.6. The van der Waals surface area contributed by atoms with E-state index >= 15 is 0 Å². The van der Waals surface area contributed by atoms with Crippen LogP contribution in [-0.4, -0.2) is 37.2 Å². The van der Waals surface area contributed by atoms with Crippen LogP contribution in [-0.2, 0) is 28.6 Å². The van der Waals surface area contributed by atoms with Gasteiger partial charge in [0.15, 0.2) is 6.10 Å². The Morgan fingerprint density at radius 2 is 0.609 bits per heavy atom. The first kappa shape index (κ1) is 61.4. The highest BCUT2D eigenvalue weighted by molar-refractivity contribution is 5.71. The molecule has 0 saturated carbocycles. The molecule has 0 spiro atoms. The van der Waals surface area contributed by atoms with Gasteiger partial charge in [-0.1, -0.05) is 256 Å². The van der Waals surface area contributed by atoms with Gasteiger partial charge in [-0.3, -0.25) is 14.4 Å². The number of hydrogen-bond acceptors (Lipinski definition) is 6. The lowest BCUT2D eigenvalue weighted by molar-refractivity contribution is -0.167. The van der Waals surface area contributed by atoms with E-state index in [9.17, 15) is 14.4 Å². The Morgan fingerprint density at radius 1 is 0.328 bits per heavy atom. The lowest BCUT2D eigenvalue weighted by Crippen LogP contribution is -2.30. The Morgan fingerprint density at radius 3 is 0.953 bits per heavy atom. The van der Waals surface area contributed by atoms with Gasteiger partial charge in [0.2, 0.25) is 0 Å². The zero-order valence-corrected chi connectivity index (χ0v) is 42.6. The zero-order chi connectivity index (χ0) is 46.5. The summed E-state index contributed by atoms with van der Waals surface area (Å²) in [6.45, 7) is 6.54. The number of carbonyl (C=O) groups is 3. The number of allylic oxidation sites excluding steroid dienone is 8. The quantitative estimate of drug-likeness (QED) is 0.0262. The Balaban J connectivity index is 4.30. The van der Waals surface area contributed by atoms with Crippen molar-refractivity contribution in [3.05, 3.63) is 48.6 Å². The third-order valence-corrected chi connectivity index (χ3v) is 12.1. The van der Waals surface area contributed by atoms with E-state index < -0.39 is 6.10 Å². The van der Waals surface area contributed by atoms with E-state index in [2.05, 4.69) is 69.4 Å². The van der Waals surface area contributed by atoms with Crippen molar-refractivity contribution in [2.75, 3.05) is 13.2 Å². The van der Waals surface area contributed by atoms with Crippen LogP contribution in [0, 0.1) is 0 Å². The number of ether oxygens (including phenoxy) is 3. The molecule has 6 heteroatoms. The smallest absolute Gasteiger partial charge is 0.306 e. The summed E-state index contributed by atoms with van der Waals surface area (Å²) in [6, 6.07) is 0. The Kier molecular flexibility index (Phi) is 50.8. The molecule has 1 atom stereocenters. The van der Waals surface area contributed by atoms with Crippen LogP contribution in [0.3, 0.4) is 0 Å². The summed E-state index contributed by atoms with van der Waals surface area (Å²) in [5.41, 5.74) is 0. The predicted molar refractivity (Wildman–Crippen MR) is 275 cm³/mol. The van der Waals surface area contributed by atoms with Crippen LogP contribution >= 0.6 is 0 Å². The van der Waals surface area contributed by atoms with E-state index in [1.165, 1.54) is 154 Å². The predicted octanol–water partition coefficient (Wildman–Crippen LogP) is 18.3. The van der Waals surface area contributed by atoms with E-state index in [1.54, 1.807) is 0 Å². The van der Waals surface area contributed by atoms with E-state index in [0.717, 1.165) is 89.9 Å². The maximum absolute atomic E-state index is 12.8. The fourth-order valence-electron chi connectivity index (χ4n) is 7.96. The van der Waals surface area contributed by atoms with Crippen molar-refractivity contribution >= 4 is 17.9 Å². The molecule has 0 fully saturated rings. The number of carbonyl (C=O) groups excluding carboxylic acids is 3. The van der Waals surface area contributed by atoms with Gasteiger partial charge in [-0.25, -0.2) is 0 Å². The number of unbranched alkanes of at least 4 members (excludes halogenated alkanes) is 31. The molecule has 0 rings (SSSR count). The highest BCUT2D eigenvalue weighted by Gasteiger charge is 2.19. The Hall–Kier alpha value is -2.63. The number of esters is 3. The summed E-state index contributed by atoms with van der Waals surface area (Å²) < 4.78 is 16.8. The van der Waals surface area contributed by atoms with Gasteiger partial charge in [-0.2, -0.15) is 0 Å². The van der Waals surface area contributed by atoms with Crippen molar-refractivity contribution < 1.29 is 28.6 Å². The largest absolute Gasteiger partial charge is 0.462 e. The second-order valence-corrected chi connectivity index (χ2v) is 18.5. The van der Waals surface area contributed by atoms with Crippen LogP contribution in [0.4, 0.5) is 0 Å². The molecule has 0 aromatic heterocycles. The molecule has 0 saturated heterocycles. The average Bonchev–Trinajstić information content (AvgIpc) is 3.29. The van der Waals surface area contributed by atoms with Gasteiger partial charge in [-0.05, 0) is 57.8 Å². The summed E-state index contributed by atoms with van der Waals surface area (Å²) in [6.07, 6.45) is 63.8. The normalized spacial score (nSPS) is 12.4. The van der Waals surface area contributed by atoms with Crippen molar-refractivity contribution in [3.63, 3.8) is 0 Å². The van der Waals surface area contributed by atoms with Crippen molar-refractivity contribution in [1.82, 2.24) is 0 Å². The first-order chi connectivity index (χ1) is 31.5. The highest BCUT2D eigenvalue weighted by Crippen LogP contribution is 2.16. The summed E-state index contributed by atoms with van der Waals surface area (Å²) in [5.74, 6) is -0.867. The van der Waals surface area contributed by atoms with Gasteiger partial charge in [0.25, 0.3) is 0 Å². The van der Waals surface area contributed by atoms with Gasteiger partial charge in [-0.15, -0.1) is 0 Å². The maximum Gasteiger partial charge on any atom is 0.306 e. The van der Waals surface area contributed by atoms with Gasteiger partial charge in [0.05, 0.1) is 0 Å². The lowest BCUT2D eigenvalue weighted by atomic mass is 10.0. The van der Waals surface area contributed by atoms with E-state index in [1.807, 2.05) is 0 Å². The van der Waals surface area contributed by atoms with Gasteiger partial charge < -0.3 is 14.2 Å². The topological polar surface area (TPSA) is 78.9 Å². The molecular weight excluding hydrogens is 793 g/mol. The summed E-state index contributed by atoms with van der Waals surface area (Å²) in [4.78, 5) is 38.0. The van der Waals surface area contributed by atoms with Gasteiger partial charge >= 0.3 is 17.9 Å². The second-order valence-electron chi connectivity index (χ2n) is 18.5. The molecule has 64 heavy (non-hydrogen) atoms. The molecule has 1 unspecified atom stereocenters. The third-order valence-electron chi connectivity index (χ3n) is 12.1. The maximum atomic E-state index is 12.8. The van der Waals surface area contributed by atoms with Crippen LogP contribution < -0.4 is 0 Å². The molecule has 0 bridgehead atoms. The fraction of sp³-hybridized carbons (Fsp3) is 0.810. The van der Waals surface area contributed by atoms with Crippen molar-refractivity contribution in [2.45, 2.75) is 290 Å². The van der Waals surface area contributed by atoms with Crippen molar-refractivity contribution in [3.8, 4) is 0 Å². The van der Waals surface area contributed by atoms with Crippen molar-refractivity contribution in [1.29, 1.82) is 0 Å².